The van der Waals surface area contributed by atoms with E-state index in [1.165, 1.54) is 18.2 Å². The standard InChI is InChI=1S/C9H10ClNO3/c10-5-1-2-6(9(13)14)7(3-5)8(11)4-12/h1-3,8,12H,4,11H2,(H,13,14)/t8-/m0/s1. The Kier molecular flexibility index (Phi) is 3.46. The van der Waals surface area contributed by atoms with E-state index in [0.29, 0.717) is 10.6 Å². The fourth-order valence-corrected chi connectivity index (χ4v) is 1.31. The van der Waals surface area contributed by atoms with Crippen molar-refractivity contribution in [3.05, 3.63) is 34.3 Å². The maximum Gasteiger partial charge on any atom is 0.336 e. The van der Waals surface area contributed by atoms with Gasteiger partial charge in [-0.2, -0.15) is 0 Å². The van der Waals surface area contributed by atoms with Gasteiger partial charge in [-0.15, -0.1) is 0 Å². The van der Waals surface area contributed by atoms with Crippen molar-refractivity contribution in [1.29, 1.82) is 0 Å². The molecule has 0 spiro atoms. The average Bonchev–Trinajstić information content (AvgIpc) is 2.16. The first-order chi connectivity index (χ1) is 6.56. The lowest BCUT2D eigenvalue weighted by atomic mass is 10.0. The van der Waals surface area contributed by atoms with Crippen LogP contribution in [0.2, 0.25) is 5.02 Å². The lowest BCUT2D eigenvalue weighted by Gasteiger charge is -2.11. The summed E-state index contributed by atoms with van der Waals surface area (Å²) in [5.74, 6) is -1.08. The third kappa shape index (κ3) is 2.23. The second-order valence-corrected chi connectivity index (χ2v) is 3.26. The summed E-state index contributed by atoms with van der Waals surface area (Å²) >= 11 is 5.69. The molecule has 76 valence electrons. The van der Waals surface area contributed by atoms with Crippen LogP contribution in [0.4, 0.5) is 0 Å². The van der Waals surface area contributed by atoms with Crippen LogP contribution in [-0.4, -0.2) is 22.8 Å². The van der Waals surface area contributed by atoms with E-state index in [1.54, 1.807) is 0 Å². The first-order valence-electron chi connectivity index (χ1n) is 3.95. The number of rotatable bonds is 3. The van der Waals surface area contributed by atoms with Crippen LogP contribution < -0.4 is 5.73 Å². The van der Waals surface area contributed by atoms with Crippen LogP contribution in [0.25, 0.3) is 0 Å². The Hall–Kier alpha value is -1.10. The van der Waals surface area contributed by atoms with Crippen molar-refractivity contribution in [2.75, 3.05) is 6.61 Å². The van der Waals surface area contributed by atoms with Gasteiger partial charge in [0.15, 0.2) is 0 Å². The molecule has 0 aliphatic rings. The summed E-state index contributed by atoms with van der Waals surface area (Å²) in [5, 5.41) is 18.0. The summed E-state index contributed by atoms with van der Waals surface area (Å²) in [5.41, 5.74) is 5.94. The van der Waals surface area contributed by atoms with Crippen LogP contribution in [0.1, 0.15) is 22.0 Å². The smallest absolute Gasteiger partial charge is 0.336 e. The highest BCUT2D eigenvalue weighted by atomic mass is 35.5. The molecule has 0 aliphatic heterocycles. The van der Waals surface area contributed by atoms with Gasteiger partial charge in [-0.25, -0.2) is 4.79 Å². The van der Waals surface area contributed by atoms with Crippen LogP contribution in [0, 0.1) is 0 Å². The lowest BCUT2D eigenvalue weighted by Crippen LogP contribution is -2.18. The van der Waals surface area contributed by atoms with Gasteiger partial charge in [0, 0.05) is 5.02 Å². The van der Waals surface area contributed by atoms with Crippen LogP contribution in [0.15, 0.2) is 18.2 Å². The third-order valence-corrected chi connectivity index (χ3v) is 2.08. The molecule has 1 aromatic carbocycles. The van der Waals surface area contributed by atoms with Crippen molar-refractivity contribution in [2.24, 2.45) is 5.73 Å². The van der Waals surface area contributed by atoms with Gasteiger partial charge in [-0.1, -0.05) is 11.6 Å². The Labute approximate surface area is 85.9 Å². The average molecular weight is 216 g/mol. The van der Waals surface area contributed by atoms with Crippen molar-refractivity contribution in [1.82, 2.24) is 0 Å². The molecule has 0 radical (unpaired) electrons. The molecule has 4 N–H and O–H groups in total. The number of halogens is 1. The van der Waals surface area contributed by atoms with Gasteiger partial charge in [0.2, 0.25) is 0 Å². The molecular weight excluding hydrogens is 206 g/mol. The number of hydrogen-bond acceptors (Lipinski definition) is 3. The quantitative estimate of drug-likeness (QED) is 0.703. The number of carbonyl (C=O) groups is 1. The first kappa shape index (κ1) is 11.0. The molecule has 1 atom stereocenters. The molecule has 0 amide bonds. The molecule has 0 saturated carbocycles. The number of aromatic carboxylic acids is 1. The monoisotopic (exact) mass is 215 g/mol. The van der Waals surface area contributed by atoms with Crippen LogP contribution >= 0.6 is 11.6 Å². The van der Waals surface area contributed by atoms with Gasteiger partial charge >= 0.3 is 5.97 Å². The Morgan fingerprint density at radius 2 is 2.21 bits per heavy atom. The minimum absolute atomic E-state index is 0.0657. The van der Waals surface area contributed by atoms with Gasteiger partial charge in [0.25, 0.3) is 0 Å². The summed E-state index contributed by atoms with van der Waals surface area (Å²) in [7, 11) is 0. The van der Waals surface area contributed by atoms with Crippen molar-refractivity contribution >= 4 is 17.6 Å². The molecule has 0 fully saturated rings. The number of carboxylic acid groups (broad SMARTS) is 1. The molecule has 0 unspecified atom stereocenters. The van der Waals surface area contributed by atoms with Crippen molar-refractivity contribution < 1.29 is 15.0 Å². The Balaban J connectivity index is 3.22. The highest BCUT2D eigenvalue weighted by Crippen LogP contribution is 2.20. The molecule has 0 heterocycles. The number of nitrogens with two attached hydrogens (primary N) is 1. The molecule has 0 bridgehead atoms. The summed E-state index contributed by atoms with van der Waals surface area (Å²) in [6.07, 6.45) is 0. The van der Waals surface area contributed by atoms with Crippen molar-refractivity contribution in [3.63, 3.8) is 0 Å². The summed E-state index contributed by atoms with van der Waals surface area (Å²) < 4.78 is 0. The molecule has 1 rings (SSSR count). The van der Waals surface area contributed by atoms with Gasteiger partial charge in [-0.05, 0) is 23.8 Å². The summed E-state index contributed by atoms with van der Waals surface area (Å²) in [6, 6.07) is 3.57. The summed E-state index contributed by atoms with van der Waals surface area (Å²) in [6.45, 7) is -0.319. The van der Waals surface area contributed by atoms with Crippen LogP contribution in [0.3, 0.4) is 0 Å². The maximum absolute atomic E-state index is 10.8. The van der Waals surface area contributed by atoms with Gasteiger partial charge in [-0.3, -0.25) is 0 Å². The van der Waals surface area contributed by atoms with E-state index in [9.17, 15) is 4.79 Å². The Morgan fingerprint density at radius 3 is 2.71 bits per heavy atom. The molecule has 1 aromatic rings. The number of carboxylic acids is 1. The molecule has 0 aliphatic carbocycles. The second-order valence-electron chi connectivity index (χ2n) is 2.83. The number of aliphatic hydroxyl groups excluding tert-OH is 1. The maximum atomic E-state index is 10.8. The third-order valence-electron chi connectivity index (χ3n) is 1.84. The fourth-order valence-electron chi connectivity index (χ4n) is 1.13. The van der Waals surface area contributed by atoms with E-state index in [-0.39, 0.29) is 12.2 Å². The predicted octanol–water partition coefficient (Wildman–Crippen LogP) is 1.03. The summed E-state index contributed by atoms with van der Waals surface area (Å²) in [4.78, 5) is 10.8. The van der Waals surface area contributed by atoms with E-state index in [2.05, 4.69) is 0 Å². The highest BCUT2D eigenvalue weighted by molar-refractivity contribution is 6.30. The van der Waals surface area contributed by atoms with Crippen molar-refractivity contribution in [3.8, 4) is 0 Å². The highest BCUT2D eigenvalue weighted by Gasteiger charge is 2.15. The minimum atomic E-state index is -1.08. The van der Waals surface area contributed by atoms with E-state index in [0.717, 1.165) is 0 Å². The normalized spacial score (nSPS) is 12.5. The number of benzene rings is 1. The molecule has 0 saturated heterocycles. The molecule has 0 aromatic heterocycles. The van der Waals surface area contributed by atoms with Crippen LogP contribution in [-0.2, 0) is 0 Å². The molecular formula is C9H10ClNO3. The van der Waals surface area contributed by atoms with Crippen molar-refractivity contribution in [2.45, 2.75) is 6.04 Å². The predicted molar refractivity (Wildman–Crippen MR) is 52.4 cm³/mol. The van der Waals surface area contributed by atoms with Crippen LogP contribution in [0.5, 0.6) is 0 Å². The molecule has 14 heavy (non-hydrogen) atoms. The van der Waals surface area contributed by atoms with E-state index >= 15 is 0 Å². The largest absolute Gasteiger partial charge is 0.478 e. The van der Waals surface area contributed by atoms with E-state index < -0.39 is 12.0 Å². The lowest BCUT2D eigenvalue weighted by molar-refractivity contribution is 0.0694. The zero-order chi connectivity index (χ0) is 10.7. The van der Waals surface area contributed by atoms with Gasteiger partial charge in [0.1, 0.15) is 0 Å². The van der Waals surface area contributed by atoms with E-state index in [1.807, 2.05) is 0 Å². The second kappa shape index (κ2) is 4.41. The molecule has 5 heteroatoms. The fraction of sp³-hybridized carbons (Fsp3) is 0.222. The molecule has 4 nitrogen and oxygen atoms in total. The van der Waals surface area contributed by atoms with Gasteiger partial charge < -0.3 is 15.9 Å². The first-order valence-corrected chi connectivity index (χ1v) is 4.33. The minimum Gasteiger partial charge on any atom is -0.478 e. The topological polar surface area (TPSA) is 83.5 Å². The number of aliphatic hydroxyl groups is 1. The Bertz CT molecular complexity index is 354. The van der Waals surface area contributed by atoms with E-state index in [4.69, 9.17) is 27.5 Å². The SMILES string of the molecule is N[C@@H](CO)c1cc(Cl)ccc1C(=O)O. The Morgan fingerprint density at radius 1 is 1.57 bits per heavy atom. The number of hydrogen-bond donors (Lipinski definition) is 3. The zero-order valence-corrected chi connectivity index (χ0v) is 8.03. The zero-order valence-electron chi connectivity index (χ0n) is 7.27. The van der Waals surface area contributed by atoms with Gasteiger partial charge in [0.05, 0.1) is 18.2 Å².